The third-order valence-corrected chi connectivity index (χ3v) is 10.4. The average molecular weight is 610 g/mol. The number of hydrogen-bond acceptors (Lipinski definition) is 3. The second-order valence-corrected chi connectivity index (χ2v) is 17.6. The van der Waals surface area contributed by atoms with Crippen molar-refractivity contribution < 1.29 is 0 Å². The van der Waals surface area contributed by atoms with Gasteiger partial charge in [-0.25, -0.2) is 15.0 Å². The summed E-state index contributed by atoms with van der Waals surface area (Å²) in [4.78, 5) is 14.6. The highest BCUT2D eigenvalue weighted by Gasteiger charge is 2.17. The predicted octanol–water partition coefficient (Wildman–Crippen LogP) is 10.4. The summed E-state index contributed by atoms with van der Waals surface area (Å²) >= 11 is 0. The Labute approximate surface area is 272 Å². The van der Waals surface area contributed by atoms with Crippen LogP contribution in [0.2, 0.25) is 19.6 Å². The molecule has 0 aliphatic rings. The highest BCUT2D eigenvalue weighted by atomic mass is 28.3. The molecule has 0 spiro atoms. The van der Waals surface area contributed by atoms with Crippen LogP contribution in [0.5, 0.6) is 0 Å². The number of nitrogens with zero attached hydrogens (tertiary/aromatic N) is 3. The van der Waals surface area contributed by atoms with E-state index < -0.39 is 8.07 Å². The summed E-state index contributed by atoms with van der Waals surface area (Å²) in [6, 6.07) is 55.4. The second kappa shape index (κ2) is 12.5. The minimum absolute atomic E-state index is 0.655. The van der Waals surface area contributed by atoms with Crippen molar-refractivity contribution in [1.82, 2.24) is 15.0 Å². The molecule has 0 amide bonds. The third kappa shape index (κ3) is 6.21. The SMILES string of the molecule is C[Si](C)(C)c1ccc(-c2ccccc2-c2cccc(-c3ccc(-c4nc(-c5ccccc5)nc(-c5ccccc5)n4)cc3)c2)cc1. The fourth-order valence-corrected chi connectivity index (χ4v) is 6.92. The van der Waals surface area contributed by atoms with Crippen LogP contribution >= 0.6 is 0 Å². The van der Waals surface area contributed by atoms with Gasteiger partial charge in [0.2, 0.25) is 0 Å². The van der Waals surface area contributed by atoms with E-state index in [2.05, 4.69) is 117 Å². The fourth-order valence-electron chi connectivity index (χ4n) is 5.75. The number of benzene rings is 6. The molecule has 0 fully saturated rings. The van der Waals surface area contributed by atoms with E-state index >= 15 is 0 Å². The molecule has 7 rings (SSSR count). The van der Waals surface area contributed by atoms with Gasteiger partial charge in [-0.2, -0.15) is 0 Å². The van der Waals surface area contributed by atoms with Crippen molar-refractivity contribution in [3.8, 4) is 67.5 Å². The Hall–Kier alpha value is -5.45. The molecule has 0 saturated carbocycles. The van der Waals surface area contributed by atoms with E-state index in [9.17, 15) is 0 Å². The van der Waals surface area contributed by atoms with E-state index in [1.54, 1.807) is 0 Å². The molecule has 0 atom stereocenters. The smallest absolute Gasteiger partial charge is 0.164 e. The predicted molar refractivity (Wildman–Crippen MR) is 195 cm³/mol. The normalized spacial score (nSPS) is 11.4. The lowest BCUT2D eigenvalue weighted by Gasteiger charge is -2.17. The Balaban J connectivity index is 1.22. The molecule has 0 saturated heterocycles. The van der Waals surface area contributed by atoms with E-state index in [1.165, 1.54) is 33.0 Å². The monoisotopic (exact) mass is 609 g/mol. The van der Waals surface area contributed by atoms with Crippen molar-refractivity contribution >= 4 is 13.3 Å². The zero-order valence-corrected chi connectivity index (χ0v) is 27.4. The number of aromatic nitrogens is 3. The first-order valence-electron chi connectivity index (χ1n) is 15.7. The zero-order chi connectivity index (χ0) is 31.5. The number of hydrogen-bond donors (Lipinski definition) is 0. The summed E-state index contributed by atoms with van der Waals surface area (Å²) in [5.74, 6) is 1.98. The topological polar surface area (TPSA) is 38.7 Å². The molecule has 3 nitrogen and oxygen atoms in total. The summed E-state index contributed by atoms with van der Waals surface area (Å²) in [5, 5.41) is 1.48. The molecule has 0 radical (unpaired) electrons. The van der Waals surface area contributed by atoms with Crippen molar-refractivity contribution in [2.75, 3.05) is 0 Å². The zero-order valence-electron chi connectivity index (χ0n) is 26.4. The van der Waals surface area contributed by atoms with Crippen molar-refractivity contribution in [3.05, 3.63) is 158 Å². The Morgan fingerprint density at radius 2 is 0.717 bits per heavy atom. The van der Waals surface area contributed by atoms with Gasteiger partial charge in [-0.3, -0.25) is 0 Å². The fraction of sp³-hybridized carbons (Fsp3) is 0.0714. The Kier molecular flexibility index (Phi) is 7.96. The molecule has 1 aromatic heterocycles. The van der Waals surface area contributed by atoms with Crippen LogP contribution in [0.4, 0.5) is 0 Å². The van der Waals surface area contributed by atoms with Gasteiger partial charge in [-0.1, -0.05) is 176 Å². The summed E-state index contributed by atoms with van der Waals surface area (Å²) in [6.45, 7) is 7.17. The largest absolute Gasteiger partial charge is 0.208 e. The Morgan fingerprint density at radius 1 is 0.326 bits per heavy atom. The van der Waals surface area contributed by atoms with Gasteiger partial charge < -0.3 is 0 Å². The molecule has 7 aromatic rings. The minimum atomic E-state index is -1.35. The molecule has 0 aliphatic heterocycles. The summed E-state index contributed by atoms with van der Waals surface area (Å²) in [6.07, 6.45) is 0. The average Bonchev–Trinajstić information content (AvgIpc) is 3.12. The highest BCUT2D eigenvalue weighted by molar-refractivity contribution is 6.88. The summed E-state index contributed by atoms with van der Waals surface area (Å²) in [7, 11) is -1.35. The molecule has 6 aromatic carbocycles. The summed E-state index contributed by atoms with van der Waals surface area (Å²) < 4.78 is 0. The van der Waals surface area contributed by atoms with Crippen molar-refractivity contribution in [2.24, 2.45) is 0 Å². The standard InChI is InChI=1S/C42H35N3Si/c1-46(2,3)37-27-25-31(26-28-37)38-19-10-11-20-39(38)36-18-12-17-35(29-36)30-21-23-34(24-22-30)42-44-40(32-13-6-4-7-14-32)43-41(45-42)33-15-8-5-9-16-33/h4-29H,1-3H3. The molecule has 1 heterocycles. The first-order valence-corrected chi connectivity index (χ1v) is 19.2. The highest BCUT2D eigenvalue weighted by Crippen LogP contribution is 2.35. The van der Waals surface area contributed by atoms with Gasteiger partial charge in [-0.15, -0.1) is 0 Å². The van der Waals surface area contributed by atoms with Gasteiger partial charge in [0, 0.05) is 16.7 Å². The van der Waals surface area contributed by atoms with Gasteiger partial charge in [0.15, 0.2) is 17.5 Å². The van der Waals surface area contributed by atoms with E-state index in [0.29, 0.717) is 17.5 Å². The van der Waals surface area contributed by atoms with Gasteiger partial charge >= 0.3 is 0 Å². The lowest BCUT2D eigenvalue weighted by molar-refractivity contribution is 1.07. The second-order valence-electron chi connectivity index (χ2n) is 12.6. The van der Waals surface area contributed by atoms with Crippen LogP contribution < -0.4 is 5.19 Å². The van der Waals surface area contributed by atoms with Gasteiger partial charge in [0.05, 0.1) is 8.07 Å². The van der Waals surface area contributed by atoms with Crippen LogP contribution in [-0.4, -0.2) is 23.0 Å². The van der Waals surface area contributed by atoms with Crippen molar-refractivity contribution in [1.29, 1.82) is 0 Å². The van der Waals surface area contributed by atoms with E-state index in [-0.39, 0.29) is 0 Å². The number of rotatable bonds is 7. The first-order chi connectivity index (χ1) is 22.4. The van der Waals surface area contributed by atoms with Crippen LogP contribution in [0, 0.1) is 0 Å². The van der Waals surface area contributed by atoms with E-state index in [0.717, 1.165) is 22.3 Å². The molecule has 46 heavy (non-hydrogen) atoms. The summed E-state index contributed by atoms with van der Waals surface area (Å²) in [5.41, 5.74) is 10.1. The van der Waals surface area contributed by atoms with Crippen molar-refractivity contribution in [2.45, 2.75) is 19.6 Å². The third-order valence-electron chi connectivity index (χ3n) is 8.34. The van der Waals surface area contributed by atoms with E-state index in [4.69, 9.17) is 15.0 Å². The lowest BCUT2D eigenvalue weighted by atomic mass is 9.92. The van der Waals surface area contributed by atoms with E-state index in [1.807, 2.05) is 60.7 Å². The molecular weight excluding hydrogens is 575 g/mol. The van der Waals surface area contributed by atoms with Crippen LogP contribution in [0.3, 0.4) is 0 Å². The van der Waals surface area contributed by atoms with Crippen LogP contribution in [0.25, 0.3) is 67.5 Å². The van der Waals surface area contributed by atoms with Gasteiger partial charge in [0.25, 0.3) is 0 Å². The molecule has 4 heteroatoms. The van der Waals surface area contributed by atoms with Crippen molar-refractivity contribution in [3.63, 3.8) is 0 Å². The van der Waals surface area contributed by atoms with Gasteiger partial charge in [0.1, 0.15) is 0 Å². The maximum absolute atomic E-state index is 4.89. The van der Waals surface area contributed by atoms with Crippen LogP contribution in [-0.2, 0) is 0 Å². The molecule has 0 aliphatic carbocycles. The molecule has 0 N–H and O–H groups in total. The first kappa shape index (κ1) is 29.3. The van der Waals surface area contributed by atoms with Crippen LogP contribution in [0.15, 0.2) is 158 Å². The molecule has 0 bridgehead atoms. The Morgan fingerprint density at radius 3 is 1.24 bits per heavy atom. The minimum Gasteiger partial charge on any atom is -0.208 e. The molecule has 0 unspecified atom stereocenters. The Bertz CT molecular complexity index is 2040. The lowest BCUT2D eigenvalue weighted by Crippen LogP contribution is -2.37. The molecule has 222 valence electrons. The quantitative estimate of drug-likeness (QED) is 0.169. The van der Waals surface area contributed by atoms with Crippen LogP contribution in [0.1, 0.15) is 0 Å². The van der Waals surface area contributed by atoms with Gasteiger partial charge in [-0.05, 0) is 39.4 Å². The maximum atomic E-state index is 4.89. The molecular formula is C42H35N3Si. The maximum Gasteiger partial charge on any atom is 0.164 e.